The Kier molecular flexibility index (Phi) is 4.92. The van der Waals surface area contributed by atoms with E-state index in [-0.39, 0.29) is 0 Å². The van der Waals surface area contributed by atoms with Gasteiger partial charge < -0.3 is 5.32 Å². The monoisotopic (exact) mass is 279 g/mol. The third-order valence-electron chi connectivity index (χ3n) is 2.07. The van der Waals surface area contributed by atoms with Crippen molar-refractivity contribution in [2.75, 3.05) is 12.4 Å². The summed E-state index contributed by atoms with van der Waals surface area (Å²) in [4.78, 5) is 0. The van der Waals surface area contributed by atoms with Gasteiger partial charge in [-0.1, -0.05) is 6.92 Å². The smallest absolute Gasteiger partial charge is 0.0767 e. The van der Waals surface area contributed by atoms with Crippen LogP contribution in [-0.4, -0.2) is 22.2 Å². The SMILES string of the molecule is CCc1nn(C)c(CNCCCl)c1Br. The Balaban J connectivity index is 2.70. The van der Waals surface area contributed by atoms with Crippen molar-refractivity contribution < 1.29 is 0 Å². The number of aromatic nitrogens is 2. The first kappa shape index (κ1) is 12.0. The average Bonchev–Trinajstić information content (AvgIpc) is 2.45. The van der Waals surface area contributed by atoms with Crippen LogP contribution in [0.1, 0.15) is 18.3 Å². The molecule has 0 aliphatic rings. The van der Waals surface area contributed by atoms with Crippen molar-refractivity contribution in [2.45, 2.75) is 19.9 Å². The lowest BCUT2D eigenvalue weighted by Gasteiger charge is -2.03. The lowest BCUT2D eigenvalue weighted by molar-refractivity contribution is 0.639. The second kappa shape index (κ2) is 5.73. The number of nitrogens with one attached hydrogen (secondary N) is 1. The highest BCUT2D eigenvalue weighted by Gasteiger charge is 2.11. The fourth-order valence-electron chi connectivity index (χ4n) is 1.29. The zero-order chi connectivity index (χ0) is 10.6. The van der Waals surface area contributed by atoms with Crippen molar-refractivity contribution in [2.24, 2.45) is 7.05 Å². The molecule has 5 heteroatoms. The molecule has 3 nitrogen and oxygen atoms in total. The van der Waals surface area contributed by atoms with Crippen LogP contribution in [0, 0.1) is 0 Å². The molecule has 0 bridgehead atoms. The number of halogens is 2. The van der Waals surface area contributed by atoms with E-state index < -0.39 is 0 Å². The number of nitrogens with zero attached hydrogens (tertiary/aromatic N) is 2. The van der Waals surface area contributed by atoms with E-state index in [0.29, 0.717) is 5.88 Å². The molecule has 14 heavy (non-hydrogen) atoms. The van der Waals surface area contributed by atoms with Gasteiger partial charge in [0, 0.05) is 26.0 Å². The van der Waals surface area contributed by atoms with Gasteiger partial charge in [-0.3, -0.25) is 4.68 Å². The van der Waals surface area contributed by atoms with Crippen LogP contribution in [0.2, 0.25) is 0 Å². The molecule has 0 spiro atoms. The Morgan fingerprint density at radius 2 is 2.29 bits per heavy atom. The van der Waals surface area contributed by atoms with E-state index in [2.05, 4.69) is 33.3 Å². The van der Waals surface area contributed by atoms with E-state index in [9.17, 15) is 0 Å². The number of alkyl halides is 1. The van der Waals surface area contributed by atoms with E-state index in [1.165, 1.54) is 5.69 Å². The van der Waals surface area contributed by atoms with Crippen LogP contribution in [0.3, 0.4) is 0 Å². The summed E-state index contributed by atoms with van der Waals surface area (Å²) in [5, 5.41) is 7.65. The number of hydrogen-bond acceptors (Lipinski definition) is 2. The normalized spacial score (nSPS) is 10.9. The highest BCUT2D eigenvalue weighted by atomic mass is 79.9. The Hall–Kier alpha value is -0.0600. The summed E-state index contributed by atoms with van der Waals surface area (Å²) in [6, 6.07) is 0. The predicted molar refractivity (Wildman–Crippen MR) is 62.7 cm³/mol. The Morgan fingerprint density at radius 3 is 2.79 bits per heavy atom. The summed E-state index contributed by atoms with van der Waals surface area (Å²) in [6.07, 6.45) is 0.948. The van der Waals surface area contributed by atoms with E-state index >= 15 is 0 Å². The van der Waals surface area contributed by atoms with Gasteiger partial charge in [-0.25, -0.2) is 0 Å². The minimum absolute atomic E-state index is 0.635. The van der Waals surface area contributed by atoms with Crippen LogP contribution in [0.15, 0.2) is 4.47 Å². The van der Waals surface area contributed by atoms with Gasteiger partial charge in [-0.15, -0.1) is 11.6 Å². The maximum absolute atomic E-state index is 5.58. The second-order valence-electron chi connectivity index (χ2n) is 3.05. The van der Waals surface area contributed by atoms with Gasteiger partial charge in [0.2, 0.25) is 0 Å². The van der Waals surface area contributed by atoms with Crippen molar-refractivity contribution >= 4 is 27.5 Å². The summed E-state index contributed by atoms with van der Waals surface area (Å²) in [5.41, 5.74) is 2.28. The van der Waals surface area contributed by atoms with Gasteiger partial charge in [-0.05, 0) is 22.4 Å². The van der Waals surface area contributed by atoms with Crippen LogP contribution < -0.4 is 5.32 Å². The van der Waals surface area contributed by atoms with Gasteiger partial charge in [0.05, 0.1) is 15.9 Å². The molecule has 0 saturated heterocycles. The maximum atomic E-state index is 5.58. The molecular formula is C9H15BrClN3. The molecule has 0 aromatic carbocycles. The molecule has 0 amide bonds. The van der Waals surface area contributed by atoms with E-state index in [1.54, 1.807) is 0 Å². The minimum atomic E-state index is 0.635. The molecule has 1 aromatic rings. The molecule has 0 atom stereocenters. The molecule has 1 rings (SSSR count). The van der Waals surface area contributed by atoms with Crippen molar-refractivity contribution in [1.82, 2.24) is 15.1 Å². The topological polar surface area (TPSA) is 29.9 Å². The number of rotatable bonds is 5. The molecule has 80 valence electrons. The van der Waals surface area contributed by atoms with Crippen molar-refractivity contribution in [3.05, 3.63) is 15.9 Å². The highest BCUT2D eigenvalue weighted by Crippen LogP contribution is 2.21. The quantitative estimate of drug-likeness (QED) is 0.661. The second-order valence-corrected chi connectivity index (χ2v) is 4.22. The summed E-state index contributed by atoms with van der Waals surface area (Å²) in [5.74, 6) is 0.635. The van der Waals surface area contributed by atoms with Crippen molar-refractivity contribution in [1.29, 1.82) is 0 Å². The molecule has 0 aliphatic carbocycles. The van der Waals surface area contributed by atoms with Gasteiger partial charge in [-0.2, -0.15) is 5.10 Å². The van der Waals surface area contributed by atoms with Crippen LogP contribution in [0.4, 0.5) is 0 Å². The Bertz CT molecular complexity index is 298. The van der Waals surface area contributed by atoms with Crippen LogP contribution in [0.25, 0.3) is 0 Å². The zero-order valence-electron chi connectivity index (χ0n) is 8.48. The molecular weight excluding hydrogens is 265 g/mol. The third-order valence-corrected chi connectivity index (χ3v) is 3.17. The summed E-state index contributed by atoms with van der Waals surface area (Å²) >= 11 is 9.14. The van der Waals surface area contributed by atoms with Gasteiger partial charge in [0.25, 0.3) is 0 Å². The highest BCUT2D eigenvalue weighted by molar-refractivity contribution is 9.10. The standard InChI is InChI=1S/C9H15BrClN3/c1-3-7-9(10)8(14(2)13-7)6-12-5-4-11/h12H,3-6H2,1-2H3. The summed E-state index contributed by atoms with van der Waals surface area (Å²) < 4.78 is 3.02. The third kappa shape index (κ3) is 2.72. The lowest BCUT2D eigenvalue weighted by atomic mass is 10.3. The fraction of sp³-hybridized carbons (Fsp3) is 0.667. The first-order valence-electron chi connectivity index (χ1n) is 4.67. The largest absolute Gasteiger partial charge is 0.310 e. The van der Waals surface area contributed by atoms with Crippen LogP contribution in [-0.2, 0) is 20.0 Å². The maximum Gasteiger partial charge on any atom is 0.0767 e. The van der Waals surface area contributed by atoms with E-state index in [4.69, 9.17) is 11.6 Å². The van der Waals surface area contributed by atoms with Crippen molar-refractivity contribution in [3.63, 3.8) is 0 Å². The molecule has 0 unspecified atom stereocenters. The minimum Gasteiger partial charge on any atom is -0.310 e. The van der Waals surface area contributed by atoms with E-state index in [0.717, 1.165) is 29.7 Å². The fourth-order valence-corrected chi connectivity index (χ4v) is 2.18. The average molecular weight is 281 g/mol. The van der Waals surface area contributed by atoms with E-state index in [1.807, 2.05) is 11.7 Å². The summed E-state index contributed by atoms with van der Waals surface area (Å²) in [6.45, 7) is 3.72. The summed E-state index contributed by atoms with van der Waals surface area (Å²) in [7, 11) is 1.96. The molecule has 1 aromatic heterocycles. The zero-order valence-corrected chi connectivity index (χ0v) is 10.8. The Labute approximate surface area is 97.9 Å². The number of hydrogen-bond donors (Lipinski definition) is 1. The van der Waals surface area contributed by atoms with Gasteiger partial charge in [0.15, 0.2) is 0 Å². The molecule has 1 N–H and O–H groups in total. The van der Waals surface area contributed by atoms with Crippen LogP contribution in [0.5, 0.6) is 0 Å². The number of aryl methyl sites for hydroxylation is 2. The molecule has 0 aliphatic heterocycles. The lowest BCUT2D eigenvalue weighted by Crippen LogP contribution is -2.18. The molecule has 0 saturated carbocycles. The first-order valence-corrected chi connectivity index (χ1v) is 6.00. The van der Waals surface area contributed by atoms with Gasteiger partial charge >= 0.3 is 0 Å². The first-order chi connectivity index (χ1) is 6.70. The molecule has 0 radical (unpaired) electrons. The van der Waals surface area contributed by atoms with Gasteiger partial charge in [0.1, 0.15) is 0 Å². The predicted octanol–water partition coefficient (Wildman–Crippen LogP) is 2.07. The molecule has 0 fully saturated rings. The Morgan fingerprint density at radius 1 is 1.57 bits per heavy atom. The molecule has 1 heterocycles. The van der Waals surface area contributed by atoms with Crippen molar-refractivity contribution in [3.8, 4) is 0 Å². The van der Waals surface area contributed by atoms with Crippen LogP contribution >= 0.6 is 27.5 Å².